The second-order valence-electron chi connectivity index (χ2n) is 4.57. The zero-order chi connectivity index (χ0) is 13.9. The normalized spacial score (nSPS) is 12.1. The largest absolute Gasteiger partial charge is 0.355 e. The van der Waals surface area contributed by atoms with Crippen LogP contribution in [0.4, 0.5) is 0 Å². The standard InChI is InChI=1S/C17H14N2O/c1-18-17(20)14-9-7-12-6-8-13-4-2-3-5-16(13)19-11-15(12)10-14/h2-11H,1H3,(H,18,20). The zero-order valence-corrected chi connectivity index (χ0v) is 11.1. The van der Waals surface area contributed by atoms with Crippen LogP contribution in [0.2, 0.25) is 0 Å². The molecule has 0 radical (unpaired) electrons. The molecular formula is C17H14N2O. The molecule has 0 aromatic heterocycles. The Labute approximate surface area is 116 Å². The number of carbonyl (C=O) groups excluding carboxylic acids is 1. The monoisotopic (exact) mass is 262 g/mol. The van der Waals surface area contributed by atoms with Gasteiger partial charge in [0.1, 0.15) is 0 Å². The molecule has 0 fully saturated rings. The highest BCUT2D eigenvalue weighted by Crippen LogP contribution is 1.92. The predicted molar refractivity (Wildman–Crippen MR) is 79.7 cm³/mol. The number of nitrogens with zero attached hydrogens (tertiary/aromatic N) is 1. The minimum atomic E-state index is -0.0901. The van der Waals surface area contributed by atoms with E-state index < -0.39 is 0 Å². The fourth-order valence-electron chi connectivity index (χ4n) is 2.19. The van der Waals surface area contributed by atoms with Crippen molar-refractivity contribution < 1.29 is 4.79 Å². The van der Waals surface area contributed by atoms with Gasteiger partial charge in [0, 0.05) is 29.2 Å². The van der Waals surface area contributed by atoms with Crippen LogP contribution in [-0.4, -0.2) is 13.0 Å². The first-order chi connectivity index (χ1) is 9.78. The van der Waals surface area contributed by atoms with Crippen LogP contribution in [0.25, 0.3) is 18.4 Å². The topological polar surface area (TPSA) is 41.5 Å². The molecule has 98 valence electrons. The molecule has 3 rings (SSSR count). The summed E-state index contributed by atoms with van der Waals surface area (Å²) in [5, 5.41) is 6.64. The van der Waals surface area contributed by atoms with Crippen LogP contribution < -0.4 is 26.3 Å². The number of para-hydroxylation sites is 1. The number of rotatable bonds is 1. The van der Waals surface area contributed by atoms with E-state index in [2.05, 4.69) is 10.3 Å². The van der Waals surface area contributed by atoms with Crippen LogP contribution in [0.1, 0.15) is 10.4 Å². The third kappa shape index (κ3) is 2.26. The van der Waals surface area contributed by atoms with Gasteiger partial charge >= 0.3 is 0 Å². The van der Waals surface area contributed by atoms with Crippen LogP contribution in [0, 0.1) is 0 Å². The molecule has 1 heterocycles. The van der Waals surface area contributed by atoms with Crippen molar-refractivity contribution in [2.75, 3.05) is 7.05 Å². The van der Waals surface area contributed by atoms with Crippen molar-refractivity contribution in [2.24, 2.45) is 4.99 Å². The summed E-state index contributed by atoms with van der Waals surface area (Å²) in [7, 11) is 1.63. The van der Waals surface area contributed by atoms with Crippen molar-refractivity contribution in [1.29, 1.82) is 0 Å². The van der Waals surface area contributed by atoms with E-state index >= 15 is 0 Å². The first kappa shape index (κ1) is 12.4. The Morgan fingerprint density at radius 1 is 1.00 bits per heavy atom. The summed E-state index contributed by atoms with van der Waals surface area (Å²) in [5.41, 5.74) is 0.639. The third-order valence-electron chi connectivity index (χ3n) is 3.30. The van der Waals surface area contributed by atoms with Gasteiger partial charge in [0.15, 0.2) is 0 Å². The molecule has 1 amide bonds. The fraction of sp³-hybridized carbons (Fsp3) is 0.0588. The molecule has 0 atom stereocenters. The first-order valence-electron chi connectivity index (χ1n) is 6.45. The van der Waals surface area contributed by atoms with Crippen LogP contribution in [-0.2, 0) is 0 Å². The molecule has 20 heavy (non-hydrogen) atoms. The van der Waals surface area contributed by atoms with E-state index in [-0.39, 0.29) is 5.91 Å². The molecule has 3 heteroatoms. The summed E-state index contributed by atoms with van der Waals surface area (Å²) in [6, 6.07) is 13.6. The van der Waals surface area contributed by atoms with Crippen molar-refractivity contribution in [2.45, 2.75) is 0 Å². The van der Waals surface area contributed by atoms with Gasteiger partial charge < -0.3 is 5.32 Å². The Kier molecular flexibility index (Phi) is 3.17. The van der Waals surface area contributed by atoms with E-state index in [1.807, 2.05) is 60.8 Å². The molecule has 0 aliphatic carbocycles. The first-order valence-corrected chi connectivity index (χ1v) is 6.45. The Balaban J connectivity index is 2.27. The van der Waals surface area contributed by atoms with Gasteiger partial charge in [-0.15, -0.1) is 0 Å². The Bertz CT molecular complexity index is 911. The number of nitrogens with one attached hydrogen (secondary N) is 1. The summed E-state index contributed by atoms with van der Waals surface area (Å²) in [6.45, 7) is 0. The smallest absolute Gasteiger partial charge is 0.251 e. The second-order valence-corrected chi connectivity index (χ2v) is 4.57. The number of fused-ring (bicyclic) bond motifs is 2. The van der Waals surface area contributed by atoms with Crippen molar-refractivity contribution in [3.05, 3.63) is 69.0 Å². The van der Waals surface area contributed by atoms with Crippen molar-refractivity contribution in [3.8, 4) is 0 Å². The maximum absolute atomic E-state index is 11.7. The van der Waals surface area contributed by atoms with Gasteiger partial charge in [0.05, 0.1) is 5.36 Å². The quantitative estimate of drug-likeness (QED) is 0.752. The van der Waals surface area contributed by atoms with Gasteiger partial charge in [-0.25, -0.2) is 0 Å². The lowest BCUT2D eigenvalue weighted by Gasteiger charge is -2.00. The van der Waals surface area contributed by atoms with Gasteiger partial charge in [0.2, 0.25) is 0 Å². The van der Waals surface area contributed by atoms with E-state index in [0.717, 1.165) is 21.0 Å². The molecule has 0 saturated carbocycles. The van der Waals surface area contributed by atoms with Crippen molar-refractivity contribution in [1.82, 2.24) is 5.32 Å². The lowest BCUT2D eigenvalue weighted by Crippen LogP contribution is -2.31. The highest BCUT2D eigenvalue weighted by atomic mass is 16.1. The molecule has 1 N–H and O–H groups in total. The van der Waals surface area contributed by atoms with Crippen LogP contribution in [0.5, 0.6) is 0 Å². The van der Waals surface area contributed by atoms with E-state index in [4.69, 9.17) is 0 Å². The summed E-state index contributed by atoms with van der Waals surface area (Å²) >= 11 is 0. The van der Waals surface area contributed by atoms with Gasteiger partial charge in [-0.05, 0) is 23.4 Å². The van der Waals surface area contributed by atoms with Gasteiger partial charge in [-0.1, -0.05) is 36.4 Å². The number of amides is 1. The molecular weight excluding hydrogens is 248 g/mol. The maximum atomic E-state index is 11.7. The summed E-state index contributed by atoms with van der Waals surface area (Å²) in [6.07, 6.45) is 5.90. The highest BCUT2D eigenvalue weighted by Gasteiger charge is 2.02. The van der Waals surface area contributed by atoms with E-state index in [9.17, 15) is 4.79 Å². The van der Waals surface area contributed by atoms with E-state index in [0.29, 0.717) is 5.56 Å². The molecule has 1 aliphatic rings. The minimum absolute atomic E-state index is 0.0901. The van der Waals surface area contributed by atoms with Crippen LogP contribution >= 0.6 is 0 Å². The van der Waals surface area contributed by atoms with Crippen molar-refractivity contribution in [3.63, 3.8) is 0 Å². The maximum Gasteiger partial charge on any atom is 0.251 e. The summed E-state index contributed by atoms with van der Waals surface area (Å²) in [5.74, 6) is -0.0901. The molecule has 0 bridgehead atoms. The number of hydrogen-bond acceptors (Lipinski definition) is 2. The average molecular weight is 262 g/mol. The molecule has 2 aromatic rings. The molecule has 2 aromatic carbocycles. The van der Waals surface area contributed by atoms with E-state index in [1.54, 1.807) is 7.05 Å². The number of carbonyl (C=O) groups is 1. The lowest BCUT2D eigenvalue weighted by atomic mass is 10.1. The third-order valence-corrected chi connectivity index (χ3v) is 3.30. The molecule has 0 saturated heterocycles. The zero-order valence-electron chi connectivity index (χ0n) is 11.1. The van der Waals surface area contributed by atoms with Gasteiger partial charge in [-0.3, -0.25) is 9.79 Å². The molecule has 0 spiro atoms. The highest BCUT2D eigenvalue weighted by molar-refractivity contribution is 5.94. The predicted octanol–water partition coefficient (Wildman–Crippen LogP) is -0.321. The fourth-order valence-corrected chi connectivity index (χ4v) is 2.19. The summed E-state index contributed by atoms with van der Waals surface area (Å²) < 4.78 is 0. The molecule has 1 aliphatic heterocycles. The van der Waals surface area contributed by atoms with E-state index in [1.165, 1.54) is 0 Å². The number of benzene rings is 2. The van der Waals surface area contributed by atoms with Gasteiger partial charge in [-0.2, -0.15) is 0 Å². The number of hydrogen-bond donors (Lipinski definition) is 1. The average Bonchev–Trinajstić information content (AvgIpc) is 2.48. The Hall–Kier alpha value is -2.68. The SMILES string of the molecule is CNC(=O)c1ccc2c(c1)=CN=c1ccccc1=CC=2. The Morgan fingerprint density at radius 2 is 1.80 bits per heavy atom. The van der Waals surface area contributed by atoms with Gasteiger partial charge in [0.25, 0.3) is 5.91 Å². The summed E-state index contributed by atoms with van der Waals surface area (Å²) in [4.78, 5) is 16.2. The van der Waals surface area contributed by atoms with Crippen molar-refractivity contribution >= 4 is 24.3 Å². The Morgan fingerprint density at radius 3 is 2.65 bits per heavy atom. The minimum Gasteiger partial charge on any atom is -0.355 e. The molecule has 3 nitrogen and oxygen atoms in total. The van der Waals surface area contributed by atoms with Crippen LogP contribution in [0.15, 0.2) is 47.5 Å². The lowest BCUT2D eigenvalue weighted by molar-refractivity contribution is 0.0963. The molecule has 0 unspecified atom stereocenters. The van der Waals surface area contributed by atoms with Crippen LogP contribution in [0.3, 0.4) is 0 Å². The second kappa shape index (κ2) is 5.13.